The summed E-state index contributed by atoms with van der Waals surface area (Å²) in [5.74, 6) is 0. The lowest BCUT2D eigenvalue weighted by molar-refractivity contribution is 0.148. The van der Waals surface area contributed by atoms with E-state index in [9.17, 15) is 4.79 Å². The molecule has 1 unspecified atom stereocenters. The van der Waals surface area contributed by atoms with E-state index in [1.54, 1.807) is 6.33 Å². The van der Waals surface area contributed by atoms with Gasteiger partial charge in [0, 0.05) is 12.7 Å². The number of hydrogen-bond donors (Lipinski definition) is 2. The van der Waals surface area contributed by atoms with Crippen LogP contribution in [0.5, 0.6) is 0 Å². The van der Waals surface area contributed by atoms with E-state index in [-0.39, 0.29) is 17.7 Å². The Morgan fingerprint density at radius 3 is 2.62 bits per heavy atom. The zero-order valence-electron chi connectivity index (χ0n) is 13.2. The summed E-state index contributed by atoms with van der Waals surface area (Å²) in [5, 5.41) is 11.3. The van der Waals surface area contributed by atoms with E-state index in [1.807, 2.05) is 10.8 Å². The minimum atomic E-state index is -1.97. The summed E-state index contributed by atoms with van der Waals surface area (Å²) in [7, 11) is -1.97. The third-order valence-electron chi connectivity index (χ3n) is 3.76. The summed E-state index contributed by atoms with van der Waals surface area (Å²) < 4.78 is 8.96. The molecule has 0 aromatic carbocycles. The monoisotopic (exact) mass is 377 g/mol. The number of rotatable bonds is 6. The number of halogens is 1. The van der Waals surface area contributed by atoms with Gasteiger partial charge in [0.2, 0.25) is 0 Å². The van der Waals surface area contributed by atoms with Crippen molar-refractivity contribution in [1.82, 2.24) is 14.9 Å². The Labute approximate surface area is 135 Å². The van der Waals surface area contributed by atoms with Gasteiger partial charge in [-0.05, 0) is 34.1 Å². The van der Waals surface area contributed by atoms with E-state index in [1.165, 1.54) is 0 Å². The van der Waals surface area contributed by atoms with Crippen molar-refractivity contribution in [2.24, 2.45) is 0 Å². The topological polar surface area (TPSA) is 76.4 Å². The van der Waals surface area contributed by atoms with Gasteiger partial charge in [0.1, 0.15) is 4.60 Å². The molecule has 0 fully saturated rings. The molecule has 0 bridgehead atoms. The molecule has 1 rings (SSSR count). The average molecular weight is 378 g/mol. The first-order valence-corrected chi connectivity index (χ1v) is 10.5. The summed E-state index contributed by atoms with van der Waals surface area (Å²) in [6.07, 6.45) is 2.30. The molecular formula is C13H24BrN3O3Si. The smallest absolute Gasteiger partial charge is 0.404 e. The van der Waals surface area contributed by atoms with Crippen molar-refractivity contribution in [1.29, 1.82) is 0 Å². The Hall–Kier alpha value is -0.863. The number of carbonyl (C=O) groups is 1. The largest absolute Gasteiger partial charge is 0.465 e. The molecule has 8 heteroatoms. The van der Waals surface area contributed by atoms with Crippen LogP contribution >= 0.6 is 15.9 Å². The molecular weight excluding hydrogens is 354 g/mol. The highest BCUT2D eigenvalue weighted by Gasteiger charge is 2.39. The molecule has 0 saturated carbocycles. The van der Waals surface area contributed by atoms with E-state index in [0.29, 0.717) is 6.54 Å². The highest BCUT2D eigenvalue weighted by Crippen LogP contribution is 2.37. The summed E-state index contributed by atoms with van der Waals surface area (Å²) >= 11 is 3.30. The maximum Gasteiger partial charge on any atom is 0.404 e. The van der Waals surface area contributed by atoms with E-state index in [4.69, 9.17) is 9.53 Å². The predicted molar refractivity (Wildman–Crippen MR) is 88.0 cm³/mol. The van der Waals surface area contributed by atoms with Crippen molar-refractivity contribution in [3.63, 3.8) is 0 Å². The fraction of sp³-hybridized carbons (Fsp3) is 0.692. The van der Waals surface area contributed by atoms with Gasteiger partial charge in [-0.2, -0.15) is 0 Å². The molecule has 0 radical (unpaired) electrons. The summed E-state index contributed by atoms with van der Waals surface area (Å²) in [4.78, 5) is 14.8. The van der Waals surface area contributed by atoms with Crippen LogP contribution in [0.25, 0.3) is 0 Å². The Kier molecular flexibility index (Phi) is 6.00. The van der Waals surface area contributed by atoms with Gasteiger partial charge >= 0.3 is 6.09 Å². The highest BCUT2D eigenvalue weighted by molar-refractivity contribution is 9.10. The van der Waals surface area contributed by atoms with E-state index < -0.39 is 14.4 Å². The molecule has 0 saturated heterocycles. The van der Waals surface area contributed by atoms with Crippen LogP contribution in [0, 0.1) is 0 Å². The lowest BCUT2D eigenvalue weighted by Crippen LogP contribution is -2.48. The Bertz CT molecular complexity index is 485. The standard InChI is InChI=1S/C13H24BrN3O3Si/c1-13(2,3)21(4,5)20-10(6-15-12(18)19)7-17-8-11(14)16-9-17/h8-10,15H,6-7H2,1-5H3,(H,18,19). The van der Waals surface area contributed by atoms with E-state index in [0.717, 1.165) is 4.60 Å². The molecule has 120 valence electrons. The lowest BCUT2D eigenvalue weighted by atomic mass is 10.2. The minimum Gasteiger partial charge on any atom is -0.465 e. The first-order chi connectivity index (χ1) is 9.51. The van der Waals surface area contributed by atoms with Crippen molar-refractivity contribution in [2.45, 2.75) is 51.6 Å². The molecule has 6 nitrogen and oxygen atoms in total. The van der Waals surface area contributed by atoms with Crippen molar-refractivity contribution >= 4 is 30.3 Å². The molecule has 0 aliphatic heterocycles. The second-order valence-electron chi connectivity index (χ2n) is 6.58. The first-order valence-electron chi connectivity index (χ1n) is 6.83. The fourth-order valence-corrected chi connectivity index (χ4v) is 3.31. The van der Waals surface area contributed by atoms with Crippen molar-refractivity contribution in [3.8, 4) is 0 Å². The molecule has 0 aliphatic rings. The third-order valence-corrected chi connectivity index (χ3v) is 8.71. The number of nitrogens with one attached hydrogen (secondary N) is 1. The van der Waals surface area contributed by atoms with Crippen LogP contribution in [0.1, 0.15) is 20.8 Å². The highest BCUT2D eigenvalue weighted by atomic mass is 79.9. The van der Waals surface area contributed by atoms with Gasteiger partial charge in [-0.25, -0.2) is 9.78 Å². The molecule has 1 atom stereocenters. The van der Waals surface area contributed by atoms with Gasteiger partial charge < -0.3 is 19.4 Å². The second kappa shape index (κ2) is 6.93. The maximum atomic E-state index is 10.7. The van der Waals surface area contributed by atoms with Crippen LogP contribution in [0.2, 0.25) is 18.1 Å². The van der Waals surface area contributed by atoms with Crippen LogP contribution in [0.3, 0.4) is 0 Å². The fourth-order valence-electron chi connectivity index (χ4n) is 1.61. The van der Waals surface area contributed by atoms with Crippen LogP contribution < -0.4 is 5.32 Å². The Morgan fingerprint density at radius 1 is 1.57 bits per heavy atom. The normalized spacial score (nSPS) is 14.0. The number of aromatic nitrogens is 2. The molecule has 1 aromatic rings. The minimum absolute atomic E-state index is 0.0734. The quantitative estimate of drug-likeness (QED) is 0.745. The van der Waals surface area contributed by atoms with Crippen LogP contribution in [0.4, 0.5) is 4.79 Å². The summed E-state index contributed by atoms with van der Waals surface area (Å²) in [6, 6.07) is 0. The molecule has 0 spiro atoms. The van der Waals surface area contributed by atoms with Crippen molar-refractivity contribution in [2.75, 3.05) is 6.54 Å². The van der Waals surface area contributed by atoms with Crippen LogP contribution in [-0.4, -0.2) is 41.7 Å². The Balaban J connectivity index is 2.79. The van der Waals surface area contributed by atoms with Crippen LogP contribution in [0.15, 0.2) is 17.1 Å². The zero-order chi connectivity index (χ0) is 16.3. The summed E-state index contributed by atoms with van der Waals surface area (Å²) in [5.41, 5.74) is 0. The SMILES string of the molecule is CC(C)(C)[Si](C)(C)OC(CNC(=O)O)Cn1cnc(Br)c1. The van der Waals surface area contributed by atoms with Gasteiger partial charge in [-0.15, -0.1) is 0 Å². The Morgan fingerprint density at radius 2 is 2.19 bits per heavy atom. The number of amides is 1. The van der Waals surface area contributed by atoms with Crippen molar-refractivity contribution in [3.05, 3.63) is 17.1 Å². The first kappa shape index (κ1) is 18.2. The predicted octanol–water partition coefficient (Wildman–Crippen LogP) is 3.30. The number of nitrogens with zero attached hydrogens (tertiary/aromatic N) is 2. The number of imidazole rings is 1. The number of carboxylic acid groups (broad SMARTS) is 1. The molecule has 1 heterocycles. The van der Waals surface area contributed by atoms with E-state index >= 15 is 0 Å². The van der Waals surface area contributed by atoms with Crippen molar-refractivity contribution < 1.29 is 14.3 Å². The molecule has 21 heavy (non-hydrogen) atoms. The maximum absolute atomic E-state index is 10.7. The van der Waals surface area contributed by atoms with Gasteiger partial charge in [0.25, 0.3) is 0 Å². The molecule has 0 aliphatic carbocycles. The third kappa shape index (κ3) is 5.80. The molecule has 1 amide bonds. The second-order valence-corrected chi connectivity index (χ2v) is 12.1. The van der Waals surface area contributed by atoms with Crippen LogP contribution in [-0.2, 0) is 11.0 Å². The van der Waals surface area contributed by atoms with Gasteiger partial charge in [-0.3, -0.25) is 0 Å². The zero-order valence-corrected chi connectivity index (χ0v) is 15.8. The number of hydrogen-bond acceptors (Lipinski definition) is 3. The van der Waals surface area contributed by atoms with Gasteiger partial charge in [0.15, 0.2) is 8.32 Å². The lowest BCUT2D eigenvalue weighted by Gasteiger charge is -2.39. The van der Waals surface area contributed by atoms with E-state index in [2.05, 4.69) is 60.1 Å². The summed E-state index contributed by atoms with van der Waals surface area (Å²) in [6.45, 7) is 11.6. The van der Waals surface area contributed by atoms with Gasteiger partial charge in [-0.1, -0.05) is 20.8 Å². The average Bonchev–Trinajstić information content (AvgIpc) is 2.69. The molecule has 2 N–H and O–H groups in total. The van der Waals surface area contributed by atoms with Gasteiger partial charge in [0.05, 0.1) is 19.0 Å². The molecule has 1 aromatic heterocycles.